The Bertz CT molecular complexity index is 733. The molecular weight excluding hydrogens is 342 g/mol. The molecule has 0 aliphatic heterocycles. The first-order valence-electron chi connectivity index (χ1n) is 7.48. The van der Waals surface area contributed by atoms with E-state index in [0.29, 0.717) is 30.8 Å². The van der Waals surface area contributed by atoms with Crippen LogP contribution in [0.15, 0.2) is 49.1 Å². The fourth-order valence-corrected chi connectivity index (χ4v) is 3.32. The molecule has 0 saturated heterocycles. The summed E-state index contributed by atoms with van der Waals surface area (Å²) in [6.45, 7) is 5.85. The Morgan fingerprint density at radius 2 is 2.08 bits per heavy atom. The van der Waals surface area contributed by atoms with Crippen molar-refractivity contribution in [3.63, 3.8) is 0 Å². The van der Waals surface area contributed by atoms with Crippen LogP contribution in [0, 0.1) is 11.3 Å². The van der Waals surface area contributed by atoms with E-state index >= 15 is 0 Å². The second-order valence-corrected chi connectivity index (χ2v) is 7.02. The molecule has 6 heteroatoms. The molecule has 0 unspecified atom stereocenters. The number of anilines is 1. The highest BCUT2D eigenvalue weighted by atomic mass is 35.5. The smallest absolute Gasteiger partial charge is 0.225 e. The molecule has 0 atom stereocenters. The SMILES string of the molecule is C=CCN(CCC(=O)Nc1ccc(C#N)cc1)Cc1ccc(Cl)s1. The average molecular weight is 360 g/mol. The van der Waals surface area contributed by atoms with Gasteiger partial charge in [-0.15, -0.1) is 17.9 Å². The maximum atomic E-state index is 12.1. The number of nitriles is 1. The highest BCUT2D eigenvalue weighted by Crippen LogP contribution is 2.22. The molecule has 2 aromatic rings. The van der Waals surface area contributed by atoms with Crippen LogP contribution in [0.5, 0.6) is 0 Å². The number of carbonyl (C=O) groups excluding carboxylic acids is 1. The first-order valence-corrected chi connectivity index (χ1v) is 8.67. The maximum absolute atomic E-state index is 12.1. The molecule has 2 rings (SSSR count). The Labute approximate surface area is 151 Å². The number of hydrogen-bond donors (Lipinski definition) is 1. The van der Waals surface area contributed by atoms with Gasteiger partial charge in [0.15, 0.2) is 0 Å². The van der Waals surface area contributed by atoms with E-state index in [1.54, 1.807) is 35.6 Å². The van der Waals surface area contributed by atoms with E-state index in [1.165, 1.54) is 0 Å². The van der Waals surface area contributed by atoms with Crippen molar-refractivity contribution in [2.45, 2.75) is 13.0 Å². The van der Waals surface area contributed by atoms with Crippen LogP contribution in [-0.4, -0.2) is 23.9 Å². The van der Waals surface area contributed by atoms with Crippen molar-refractivity contribution in [1.29, 1.82) is 5.26 Å². The molecule has 0 radical (unpaired) electrons. The van der Waals surface area contributed by atoms with Crippen LogP contribution >= 0.6 is 22.9 Å². The van der Waals surface area contributed by atoms with Gasteiger partial charge in [-0.25, -0.2) is 0 Å². The van der Waals surface area contributed by atoms with E-state index < -0.39 is 0 Å². The van der Waals surface area contributed by atoms with E-state index in [0.717, 1.165) is 15.8 Å². The van der Waals surface area contributed by atoms with Crippen molar-refractivity contribution < 1.29 is 4.79 Å². The fraction of sp³-hybridized carbons (Fsp3) is 0.222. The molecule has 0 bridgehead atoms. The van der Waals surface area contributed by atoms with E-state index in [9.17, 15) is 4.79 Å². The van der Waals surface area contributed by atoms with Gasteiger partial charge in [-0.3, -0.25) is 9.69 Å². The van der Waals surface area contributed by atoms with Crippen LogP contribution in [0.4, 0.5) is 5.69 Å². The van der Waals surface area contributed by atoms with Crippen LogP contribution in [0.25, 0.3) is 0 Å². The number of hydrogen-bond acceptors (Lipinski definition) is 4. The van der Waals surface area contributed by atoms with E-state index in [4.69, 9.17) is 16.9 Å². The number of halogens is 1. The van der Waals surface area contributed by atoms with Crippen molar-refractivity contribution in [2.24, 2.45) is 0 Å². The average Bonchev–Trinajstić information content (AvgIpc) is 2.98. The normalized spacial score (nSPS) is 10.4. The van der Waals surface area contributed by atoms with E-state index in [-0.39, 0.29) is 5.91 Å². The van der Waals surface area contributed by atoms with Gasteiger partial charge in [-0.05, 0) is 36.4 Å². The summed E-state index contributed by atoms with van der Waals surface area (Å²) in [5.74, 6) is -0.0574. The van der Waals surface area contributed by atoms with Crippen LogP contribution < -0.4 is 5.32 Å². The lowest BCUT2D eigenvalue weighted by molar-refractivity contribution is -0.116. The summed E-state index contributed by atoms with van der Waals surface area (Å²) >= 11 is 7.50. The van der Waals surface area contributed by atoms with Crippen molar-refractivity contribution >= 4 is 34.5 Å². The summed E-state index contributed by atoms with van der Waals surface area (Å²) in [6.07, 6.45) is 2.21. The lowest BCUT2D eigenvalue weighted by Gasteiger charge is -2.19. The Morgan fingerprint density at radius 3 is 2.67 bits per heavy atom. The minimum atomic E-state index is -0.0574. The van der Waals surface area contributed by atoms with Crippen LogP contribution in [0.2, 0.25) is 4.34 Å². The van der Waals surface area contributed by atoms with Crippen LogP contribution in [0.3, 0.4) is 0 Å². The predicted octanol–water partition coefficient (Wildman–Crippen LogP) is 4.29. The first-order chi connectivity index (χ1) is 11.6. The van der Waals surface area contributed by atoms with Crippen LogP contribution in [0.1, 0.15) is 16.9 Å². The third-order valence-electron chi connectivity index (χ3n) is 3.35. The van der Waals surface area contributed by atoms with Crippen molar-refractivity contribution in [1.82, 2.24) is 4.90 Å². The fourth-order valence-electron chi connectivity index (χ4n) is 2.19. The second kappa shape index (κ2) is 9.24. The maximum Gasteiger partial charge on any atom is 0.225 e. The second-order valence-electron chi connectivity index (χ2n) is 5.22. The highest BCUT2D eigenvalue weighted by molar-refractivity contribution is 7.16. The molecule has 1 heterocycles. The zero-order chi connectivity index (χ0) is 17.4. The summed E-state index contributed by atoms with van der Waals surface area (Å²) in [5.41, 5.74) is 1.26. The van der Waals surface area contributed by atoms with Crippen molar-refractivity contribution in [3.8, 4) is 6.07 Å². The van der Waals surface area contributed by atoms with Crippen molar-refractivity contribution in [2.75, 3.05) is 18.4 Å². The van der Waals surface area contributed by atoms with Gasteiger partial charge < -0.3 is 5.32 Å². The largest absolute Gasteiger partial charge is 0.326 e. The Kier molecular flexibility index (Phi) is 7.01. The predicted molar refractivity (Wildman–Crippen MR) is 99.2 cm³/mol. The zero-order valence-electron chi connectivity index (χ0n) is 13.2. The minimum absolute atomic E-state index is 0.0574. The van der Waals surface area contributed by atoms with E-state index in [1.807, 2.05) is 24.3 Å². The lowest BCUT2D eigenvalue weighted by atomic mass is 10.2. The summed E-state index contributed by atoms with van der Waals surface area (Å²) in [6, 6.07) is 12.7. The molecule has 0 fully saturated rings. The van der Waals surface area contributed by atoms with Gasteiger partial charge in [0.05, 0.1) is 16.0 Å². The first kappa shape index (κ1) is 18.2. The molecular formula is C18H18ClN3OS. The molecule has 1 N–H and O–H groups in total. The van der Waals surface area contributed by atoms with Gasteiger partial charge in [0.25, 0.3) is 0 Å². The number of benzene rings is 1. The van der Waals surface area contributed by atoms with Gasteiger partial charge in [-0.2, -0.15) is 5.26 Å². The summed E-state index contributed by atoms with van der Waals surface area (Å²) in [4.78, 5) is 15.4. The number of amides is 1. The highest BCUT2D eigenvalue weighted by Gasteiger charge is 2.10. The quantitative estimate of drug-likeness (QED) is 0.715. The molecule has 1 aromatic heterocycles. The van der Waals surface area contributed by atoms with E-state index in [2.05, 4.69) is 16.8 Å². The summed E-state index contributed by atoms with van der Waals surface area (Å²) in [7, 11) is 0. The van der Waals surface area contributed by atoms with Crippen molar-refractivity contribution in [3.05, 3.63) is 63.8 Å². The van der Waals surface area contributed by atoms with Gasteiger partial charge in [-0.1, -0.05) is 17.7 Å². The van der Waals surface area contributed by atoms with Gasteiger partial charge >= 0.3 is 0 Å². The third kappa shape index (κ3) is 5.82. The molecule has 24 heavy (non-hydrogen) atoms. The number of thiophene rings is 1. The molecule has 1 amide bonds. The van der Waals surface area contributed by atoms with Gasteiger partial charge in [0.1, 0.15) is 0 Å². The third-order valence-corrected chi connectivity index (χ3v) is 4.56. The number of nitrogens with one attached hydrogen (secondary N) is 1. The molecule has 0 spiro atoms. The Morgan fingerprint density at radius 1 is 1.33 bits per heavy atom. The Hall–Kier alpha value is -2.13. The molecule has 0 aliphatic carbocycles. The molecule has 0 aliphatic rings. The number of nitrogens with zero attached hydrogens (tertiary/aromatic N) is 2. The lowest BCUT2D eigenvalue weighted by Crippen LogP contribution is -2.27. The summed E-state index contributed by atoms with van der Waals surface area (Å²) < 4.78 is 0.766. The molecule has 124 valence electrons. The monoisotopic (exact) mass is 359 g/mol. The topological polar surface area (TPSA) is 56.1 Å². The molecule has 4 nitrogen and oxygen atoms in total. The van der Waals surface area contributed by atoms with Gasteiger partial charge in [0, 0.05) is 36.6 Å². The van der Waals surface area contributed by atoms with Gasteiger partial charge in [0.2, 0.25) is 5.91 Å². The molecule has 0 saturated carbocycles. The summed E-state index contributed by atoms with van der Waals surface area (Å²) in [5, 5.41) is 11.6. The number of rotatable bonds is 8. The standard InChI is InChI=1S/C18H18ClN3OS/c1-2-10-22(13-16-7-8-17(19)24-16)11-9-18(23)21-15-5-3-14(12-20)4-6-15/h2-8H,1,9-11,13H2,(H,21,23). The zero-order valence-corrected chi connectivity index (χ0v) is 14.7. The van der Waals surface area contributed by atoms with Crippen LogP contribution in [-0.2, 0) is 11.3 Å². The minimum Gasteiger partial charge on any atom is -0.326 e. The Balaban J connectivity index is 1.84. The molecule has 1 aromatic carbocycles. The number of carbonyl (C=O) groups is 1.